The third kappa shape index (κ3) is 2.96. The van der Waals surface area contributed by atoms with E-state index in [-0.39, 0.29) is 5.91 Å². The summed E-state index contributed by atoms with van der Waals surface area (Å²) in [6.07, 6.45) is 0.856. The summed E-state index contributed by atoms with van der Waals surface area (Å²) >= 11 is 0. The number of pyridine rings is 1. The molecule has 2 rings (SSSR count). The maximum atomic E-state index is 12.4. The van der Waals surface area contributed by atoms with Crippen molar-refractivity contribution in [2.45, 2.75) is 20.3 Å². The van der Waals surface area contributed by atoms with Gasteiger partial charge in [0.1, 0.15) is 5.82 Å². The molecule has 0 unspecified atom stereocenters. The van der Waals surface area contributed by atoms with Gasteiger partial charge >= 0.3 is 0 Å². The number of hydrogen-bond donors (Lipinski definition) is 2. The Morgan fingerprint density at radius 1 is 1.25 bits per heavy atom. The number of nitrogens with zero attached hydrogens (tertiary/aromatic N) is 1. The number of nitrogens with one attached hydrogen (secondary N) is 2. The summed E-state index contributed by atoms with van der Waals surface area (Å²) in [5, 5.41) is 5.87. The van der Waals surface area contributed by atoms with Crippen molar-refractivity contribution in [1.82, 2.24) is 4.98 Å². The lowest BCUT2D eigenvalue weighted by atomic mass is 10.1. The van der Waals surface area contributed by atoms with Gasteiger partial charge in [-0.2, -0.15) is 0 Å². The summed E-state index contributed by atoms with van der Waals surface area (Å²) in [5.74, 6) is 0.455. The molecule has 2 N–H and O–H groups in total. The number of aryl methyl sites for hydroxylation is 2. The van der Waals surface area contributed by atoms with Gasteiger partial charge in [-0.1, -0.05) is 25.1 Å². The highest BCUT2D eigenvalue weighted by Crippen LogP contribution is 2.19. The molecule has 4 nitrogen and oxygen atoms in total. The second-order valence-electron chi connectivity index (χ2n) is 4.55. The molecule has 104 valence electrons. The van der Waals surface area contributed by atoms with Crippen LogP contribution < -0.4 is 10.6 Å². The summed E-state index contributed by atoms with van der Waals surface area (Å²) in [5.41, 5.74) is 3.38. The van der Waals surface area contributed by atoms with Crippen molar-refractivity contribution < 1.29 is 4.79 Å². The number of carbonyl (C=O) groups excluding carboxylic acids is 1. The van der Waals surface area contributed by atoms with Crippen LogP contribution in [0.1, 0.15) is 28.5 Å². The zero-order chi connectivity index (χ0) is 14.5. The highest BCUT2D eigenvalue weighted by Gasteiger charge is 2.14. The monoisotopic (exact) mass is 269 g/mol. The number of para-hydroxylation sites is 1. The van der Waals surface area contributed by atoms with Crippen LogP contribution in [0.2, 0.25) is 0 Å². The van der Waals surface area contributed by atoms with Gasteiger partial charge in [-0.15, -0.1) is 0 Å². The van der Waals surface area contributed by atoms with Gasteiger partial charge < -0.3 is 10.6 Å². The summed E-state index contributed by atoms with van der Waals surface area (Å²) in [4.78, 5) is 16.8. The summed E-state index contributed by atoms with van der Waals surface area (Å²) in [6, 6.07) is 11.3. The maximum Gasteiger partial charge on any atom is 0.259 e. The van der Waals surface area contributed by atoms with E-state index >= 15 is 0 Å². The molecular weight excluding hydrogens is 250 g/mol. The SMILES string of the molecule is CCc1cc(C(=O)Nc2ccccc2)c(NC)nc1C. The standard InChI is InChI=1S/C16H19N3O/c1-4-12-10-14(15(17-3)18-11(12)2)16(20)19-13-8-6-5-7-9-13/h5-10H,4H2,1-3H3,(H,17,18)(H,19,20). The van der Waals surface area contributed by atoms with Crippen molar-refractivity contribution in [2.24, 2.45) is 0 Å². The fraction of sp³-hybridized carbons (Fsp3) is 0.250. The average Bonchev–Trinajstić information content (AvgIpc) is 2.47. The van der Waals surface area contributed by atoms with Crippen LogP contribution in [0.3, 0.4) is 0 Å². The molecule has 20 heavy (non-hydrogen) atoms. The zero-order valence-electron chi connectivity index (χ0n) is 12.0. The lowest BCUT2D eigenvalue weighted by molar-refractivity contribution is 0.102. The Morgan fingerprint density at radius 3 is 2.55 bits per heavy atom. The van der Waals surface area contributed by atoms with Gasteiger partial charge in [0.05, 0.1) is 5.56 Å². The molecule has 0 aliphatic rings. The smallest absolute Gasteiger partial charge is 0.259 e. The Balaban J connectivity index is 2.33. The number of aromatic nitrogens is 1. The molecule has 0 aliphatic carbocycles. The molecule has 2 aromatic rings. The Hall–Kier alpha value is -2.36. The van der Waals surface area contributed by atoms with E-state index in [0.29, 0.717) is 11.4 Å². The predicted octanol–water partition coefficient (Wildman–Crippen LogP) is 3.25. The fourth-order valence-corrected chi connectivity index (χ4v) is 2.09. The molecule has 4 heteroatoms. The zero-order valence-corrected chi connectivity index (χ0v) is 12.0. The Kier molecular flexibility index (Phi) is 4.35. The van der Waals surface area contributed by atoms with Crippen LogP contribution in [-0.2, 0) is 6.42 Å². The highest BCUT2D eigenvalue weighted by atomic mass is 16.1. The number of hydrogen-bond acceptors (Lipinski definition) is 3. The Bertz CT molecular complexity index is 609. The highest BCUT2D eigenvalue weighted by molar-refractivity contribution is 6.07. The van der Waals surface area contributed by atoms with E-state index < -0.39 is 0 Å². The first-order valence-electron chi connectivity index (χ1n) is 6.70. The van der Waals surface area contributed by atoms with Crippen LogP contribution in [0.15, 0.2) is 36.4 Å². The van der Waals surface area contributed by atoms with Gasteiger partial charge in [-0.3, -0.25) is 4.79 Å². The molecule has 0 bridgehead atoms. The Morgan fingerprint density at radius 2 is 1.95 bits per heavy atom. The first kappa shape index (κ1) is 14.1. The lowest BCUT2D eigenvalue weighted by Gasteiger charge is -2.12. The minimum atomic E-state index is -0.150. The number of carbonyl (C=O) groups is 1. The summed E-state index contributed by atoms with van der Waals surface area (Å²) in [6.45, 7) is 4.01. The van der Waals surface area contributed by atoms with E-state index in [9.17, 15) is 4.79 Å². The Labute approximate surface area is 119 Å². The van der Waals surface area contributed by atoms with E-state index in [1.807, 2.05) is 43.3 Å². The van der Waals surface area contributed by atoms with E-state index in [1.165, 1.54) is 0 Å². The first-order chi connectivity index (χ1) is 9.65. The van der Waals surface area contributed by atoms with Crippen molar-refractivity contribution >= 4 is 17.4 Å². The van der Waals surface area contributed by atoms with Crippen LogP contribution in [0, 0.1) is 6.92 Å². The summed E-state index contributed by atoms with van der Waals surface area (Å²) < 4.78 is 0. The van der Waals surface area contributed by atoms with Gasteiger partial charge in [0.2, 0.25) is 0 Å². The van der Waals surface area contributed by atoms with Gasteiger partial charge in [-0.25, -0.2) is 4.98 Å². The predicted molar refractivity (Wildman–Crippen MR) is 82.3 cm³/mol. The number of rotatable bonds is 4. The molecule has 0 saturated heterocycles. The minimum Gasteiger partial charge on any atom is -0.372 e. The average molecular weight is 269 g/mol. The number of amides is 1. The first-order valence-corrected chi connectivity index (χ1v) is 6.70. The minimum absolute atomic E-state index is 0.150. The normalized spacial score (nSPS) is 10.2. The largest absolute Gasteiger partial charge is 0.372 e. The van der Waals surface area contributed by atoms with Crippen molar-refractivity contribution in [1.29, 1.82) is 0 Å². The van der Waals surface area contributed by atoms with Crippen LogP contribution in [0.5, 0.6) is 0 Å². The molecule has 1 aromatic heterocycles. The summed E-state index contributed by atoms with van der Waals surface area (Å²) in [7, 11) is 1.77. The number of benzene rings is 1. The quantitative estimate of drug-likeness (QED) is 0.895. The van der Waals surface area contributed by atoms with Crippen molar-refractivity contribution in [3.05, 3.63) is 53.2 Å². The van der Waals surface area contributed by atoms with E-state index in [0.717, 1.165) is 23.4 Å². The van der Waals surface area contributed by atoms with Gasteiger partial charge in [-0.05, 0) is 37.1 Å². The van der Waals surface area contributed by atoms with Crippen LogP contribution in [0.4, 0.5) is 11.5 Å². The van der Waals surface area contributed by atoms with E-state index in [1.54, 1.807) is 7.05 Å². The van der Waals surface area contributed by atoms with Crippen molar-refractivity contribution in [3.63, 3.8) is 0 Å². The lowest BCUT2D eigenvalue weighted by Crippen LogP contribution is -2.16. The third-order valence-corrected chi connectivity index (χ3v) is 3.21. The van der Waals surface area contributed by atoms with Gasteiger partial charge in [0.15, 0.2) is 0 Å². The molecule has 0 saturated carbocycles. The third-order valence-electron chi connectivity index (χ3n) is 3.21. The molecule has 0 fully saturated rings. The molecule has 0 aliphatic heterocycles. The van der Waals surface area contributed by atoms with Crippen LogP contribution >= 0.6 is 0 Å². The van der Waals surface area contributed by atoms with E-state index in [2.05, 4.69) is 22.5 Å². The maximum absolute atomic E-state index is 12.4. The molecule has 1 heterocycles. The second-order valence-corrected chi connectivity index (χ2v) is 4.55. The van der Waals surface area contributed by atoms with Crippen LogP contribution in [-0.4, -0.2) is 17.9 Å². The molecule has 0 spiro atoms. The topological polar surface area (TPSA) is 54.0 Å². The van der Waals surface area contributed by atoms with Crippen molar-refractivity contribution in [2.75, 3.05) is 17.7 Å². The fourth-order valence-electron chi connectivity index (χ4n) is 2.09. The second kappa shape index (κ2) is 6.19. The van der Waals surface area contributed by atoms with Gasteiger partial charge in [0.25, 0.3) is 5.91 Å². The van der Waals surface area contributed by atoms with Gasteiger partial charge in [0, 0.05) is 18.4 Å². The van der Waals surface area contributed by atoms with Crippen LogP contribution in [0.25, 0.3) is 0 Å². The molecule has 0 radical (unpaired) electrons. The van der Waals surface area contributed by atoms with E-state index in [4.69, 9.17) is 0 Å². The molecule has 1 aromatic carbocycles. The number of anilines is 2. The van der Waals surface area contributed by atoms with Crippen molar-refractivity contribution in [3.8, 4) is 0 Å². The molecular formula is C16H19N3O. The molecule has 0 atom stereocenters. The molecule has 1 amide bonds.